The third-order valence-corrected chi connectivity index (χ3v) is 6.24. The lowest BCUT2D eigenvalue weighted by Gasteiger charge is -2.18. The van der Waals surface area contributed by atoms with Crippen molar-refractivity contribution < 1.29 is 0 Å². The smallest absolute Gasteiger partial charge is 0.138 e. The highest BCUT2D eigenvalue weighted by atomic mass is 32.1. The number of aromatic nitrogens is 2. The Bertz CT molecular complexity index is 881. The van der Waals surface area contributed by atoms with E-state index >= 15 is 0 Å². The number of nitrogens with zero attached hydrogens (tertiary/aromatic N) is 3. The van der Waals surface area contributed by atoms with Crippen LogP contribution >= 0.6 is 11.3 Å². The lowest BCUT2D eigenvalue weighted by molar-refractivity contribution is 0.330. The summed E-state index contributed by atoms with van der Waals surface area (Å²) >= 11 is 1.74. The van der Waals surface area contributed by atoms with Crippen LogP contribution in [0.3, 0.4) is 0 Å². The van der Waals surface area contributed by atoms with Crippen LogP contribution in [0, 0.1) is 13.8 Å². The molecule has 0 spiro atoms. The highest BCUT2D eigenvalue weighted by molar-refractivity contribution is 7.18. The molecule has 0 saturated carbocycles. The molecule has 25 heavy (non-hydrogen) atoms. The largest absolute Gasteiger partial charge is 0.365 e. The van der Waals surface area contributed by atoms with Crippen LogP contribution < -0.4 is 5.32 Å². The fraction of sp³-hybridized carbons (Fsp3) is 0.400. The highest BCUT2D eigenvalue weighted by Gasteiger charge is 2.15. The molecule has 1 aromatic carbocycles. The van der Waals surface area contributed by atoms with Crippen molar-refractivity contribution in [3.8, 4) is 0 Å². The van der Waals surface area contributed by atoms with Crippen molar-refractivity contribution in [1.29, 1.82) is 0 Å². The van der Waals surface area contributed by atoms with Gasteiger partial charge in [-0.05, 0) is 56.5 Å². The molecule has 1 saturated heterocycles. The molecule has 130 valence electrons. The summed E-state index contributed by atoms with van der Waals surface area (Å²) in [6, 6.07) is 8.75. The van der Waals surface area contributed by atoms with Gasteiger partial charge in [0.05, 0.1) is 5.39 Å². The lowest BCUT2D eigenvalue weighted by atomic mass is 10.1. The van der Waals surface area contributed by atoms with E-state index in [1.165, 1.54) is 52.9 Å². The summed E-state index contributed by atoms with van der Waals surface area (Å²) in [7, 11) is 0. The number of hydrogen-bond donors (Lipinski definition) is 1. The molecule has 1 N–H and O–H groups in total. The van der Waals surface area contributed by atoms with Crippen molar-refractivity contribution in [3.05, 3.63) is 52.2 Å². The first kappa shape index (κ1) is 16.5. The predicted molar refractivity (Wildman–Crippen MR) is 105 cm³/mol. The minimum Gasteiger partial charge on any atom is -0.365 e. The Hall–Kier alpha value is -1.98. The summed E-state index contributed by atoms with van der Waals surface area (Å²) in [6.07, 6.45) is 4.32. The second kappa shape index (κ2) is 7.10. The predicted octanol–water partition coefficient (Wildman–Crippen LogP) is 4.52. The molecule has 0 unspecified atom stereocenters. The van der Waals surface area contributed by atoms with Crippen molar-refractivity contribution >= 4 is 27.4 Å². The maximum Gasteiger partial charge on any atom is 0.138 e. The molecule has 2 aromatic heterocycles. The lowest BCUT2D eigenvalue weighted by Crippen LogP contribution is -2.19. The van der Waals surface area contributed by atoms with Gasteiger partial charge in [0.25, 0.3) is 0 Å². The van der Waals surface area contributed by atoms with Crippen LogP contribution in [0.15, 0.2) is 30.6 Å². The Morgan fingerprint density at radius 3 is 2.64 bits per heavy atom. The van der Waals surface area contributed by atoms with Gasteiger partial charge in [-0.3, -0.25) is 4.90 Å². The molecule has 4 nitrogen and oxygen atoms in total. The highest BCUT2D eigenvalue weighted by Crippen LogP contribution is 2.32. The molecular formula is C20H24N4S. The molecule has 0 amide bonds. The maximum atomic E-state index is 4.50. The molecule has 0 bridgehead atoms. The number of anilines is 1. The maximum absolute atomic E-state index is 4.50. The zero-order valence-corrected chi connectivity index (χ0v) is 15.7. The van der Waals surface area contributed by atoms with Crippen molar-refractivity contribution in [2.75, 3.05) is 18.4 Å². The van der Waals surface area contributed by atoms with Crippen LogP contribution in [-0.4, -0.2) is 28.0 Å². The summed E-state index contributed by atoms with van der Waals surface area (Å²) in [5.41, 5.74) is 4.06. The van der Waals surface area contributed by atoms with Crippen LogP contribution in [0.5, 0.6) is 0 Å². The number of fused-ring (bicyclic) bond motifs is 1. The van der Waals surface area contributed by atoms with Crippen LogP contribution in [0.25, 0.3) is 10.2 Å². The molecule has 0 aliphatic carbocycles. The van der Waals surface area contributed by atoms with Crippen molar-refractivity contribution in [2.45, 2.75) is 39.8 Å². The third kappa shape index (κ3) is 3.39. The molecule has 3 aromatic rings. The molecule has 0 radical (unpaired) electrons. The fourth-order valence-electron chi connectivity index (χ4n) is 3.56. The quantitative estimate of drug-likeness (QED) is 0.733. The van der Waals surface area contributed by atoms with Gasteiger partial charge in [-0.2, -0.15) is 0 Å². The molecule has 0 atom stereocenters. The topological polar surface area (TPSA) is 41.1 Å². The van der Waals surface area contributed by atoms with Crippen molar-refractivity contribution in [1.82, 2.24) is 14.9 Å². The van der Waals surface area contributed by atoms with Gasteiger partial charge >= 0.3 is 0 Å². The standard InChI is InChI=1S/C20H24N4S/c1-14-15(2)25-20-18(14)19(22-13-23-20)21-11-16-7-3-4-8-17(16)12-24-9-5-6-10-24/h3-4,7-8,13H,5-6,9-12H2,1-2H3,(H,21,22,23). The van der Waals surface area contributed by atoms with E-state index in [-0.39, 0.29) is 0 Å². The number of rotatable bonds is 5. The number of thiophene rings is 1. The van der Waals surface area contributed by atoms with Gasteiger partial charge in [0.15, 0.2) is 0 Å². The van der Waals surface area contributed by atoms with Crippen LogP contribution in [0.1, 0.15) is 34.4 Å². The SMILES string of the molecule is Cc1sc2ncnc(NCc3ccccc3CN3CCCC3)c2c1C. The van der Waals surface area contributed by atoms with E-state index in [9.17, 15) is 0 Å². The van der Waals surface area contributed by atoms with E-state index in [0.717, 1.165) is 23.7 Å². The Morgan fingerprint density at radius 2 is 1.84 bits per heavy atom. The summed E-state index contributed by atoms with van der Waals surface area (Å²) in [6.45, 7) is 8.60. The number of aryl methyl sites for hydroxylation is 2. The van der Waals surface area contributed by atoms with E-state index in [0.29, 0.717) is 0 Å². The third-order valence-electron chi connectivity index (χ3n) is 5.12. The molecule has 1 aliphatic heterocycles. The normalized spacial score (nSPS) is 15.1. The number of nitrogens with one attached hydrogen (secondary N) is 1. The first-order valence-corrected chi connectivity index (χ1v) is 9.78. The van der Waals surface area contributed by atoms with Gasteiger partial charge in [-0.15, -0.1) is 11.3 Å². The average molecular weight is 353 g/mol. The van der Waals surface area contributed by atoms with E-state index in [1.54, 1.807) is 17.7 Å². The summed E-state index contributed by atoms with van der Waals surface area (Å²) in [4.78, 5) is 13.9. The van der Waals surface area contributed by atoms with Crippen LogP contribution in [0.4, 0.5) is 5.82 Å². The molecule has 4 rings (SSSR count). The first-order chi connectivity index (χ1) is 12.2. The second-order valence-corrected chi connectivity index (χ2v) is 7.99. The number of benzene rings is 1. The average Bonchev–Trinajstić information content (AvgIpc) is 3.23. The Morgan fingerprint density at radius 1 is 1.08 bits per heavy atom. The van der Waals surface area contributed by atoms with Gasteiger partial charge in [-0.25, -0.2) is 9.97 Å². The van der Waals surface area contributed by atoms with Gasteiger partial charge in [0.1, 0.15) is 17.0 Å². The zero-order chi connectivity index (χ0) is 17.2. The van der Waals surface area contributed by atoms with E-state index in [2.05, 4.69) is 58.3 Å². The van der Waals surface area contributed by atoms with Gasteiger partial charge in [-0.1, -0.05) is 24.3 Å². The Labute approximate surface area is 152 Å². The Kier molecular flexibility index (Phi) is 4.68. The van der Waals surface area contributed by atoms with E-state index < -0.39 is 0 Å². The van der Waals surface area contributed by atoms with Gasteiger partial charge in [0, 0.05) is 18.0 Å². The van der Waals surface area contributed by atoms with Gasteiger partial charge < -0.3 is 5.32 Å². The fourth-order valence-corrected chi connectivity index (χ4v) is 4.56. The number of likely N-dealkylation sites (tertiary alicyclic amines) is 1. The monoisotopic (exact) mass is 352 g/mol. The summed E-state index contributed by atoms with van der Waals surface area (Å²) < 4.78 is 0. The molecule has 3 heterocycles. The van der Waals surface area contributed by atoms with E-state index in [4.69, 9.17) is 0 Å². The molecule has 1 aliphatic rings. The Balaban J connectivity index is 1.56. The van der Waals surface area contributed by atoms with Crippen molar-refractivity contribution in [2.24, 2.45) is 0 Å². The molecular weight excluding hydrogens is 328 g/mol. The van der Waals surface area contributed by atoms with Gasteiger partial charge in [0.2, 0.25) is 0 Å². The minimum absolute atomic E-state index is 0.796. The summed E-state index contributed by atoms with van der Waals surface area (Å²) in [5, 5.41) is 4.73. The minimum atomic E-state index is 0.796. The number of hydrogen-bond acceptors (Lipinski definition) is 5. The summed E-state index contributed by atoms with van der Waals surface area (Å²) in [5.74, 6) is 0.947. The molecule has 5 heteroatoms. The van der Waals surface area contributed by atoms with Crippen molar-refractivity contribution in [3.63, 3.8) is 0 Å². The zero-order valence-electron chi connectivity index (χ0n) is 14.9. The second-order valence-electron chi connectivity index (χ2n) is 6.79. The van der Waals surface area contributed by atoms with Crippen LogP contribution in [0.2, 0.25) is 0 Å². The van der Waals surface area contributed by atoms with Crippen LogP contribution in [-0.2, 0) is 13.1 Å². The van der Waals surface area contributed by atoms with E-state index in [1.807, 2.05) is 0 Å². The molecule has 1 fully saturated rings. The first-order valence-electron chi connectivity index (χ1n) is 8.96.